The minimum Gasteiger partial charge on any atom is -0.480 e. The van der Waals surface area contributed by atoms with E-state index in [2.05, 4.69) is 13.8 Å². The molecule has 5 heteroatoms. The van der Waals surface area contributed by atoms with Crippen LogP contribution in [0.15, 0.2) is 24.3 Å². The van der Waals surface area contributed by atoms with Crippen LogP contribution in [0.2, 0.25) is 0 Å². The Morgan fingerprint density at radius 2 is 1.91 bits per heavy atom. The van der Waals surface area contributed by atoms with Gasteiger partial charge in [-0.2, -0.15) is 0 Å². The monoisotopic (exact) mass is 317 g/mol. The molecule has 1 amide bonds. The van der Waals surface area contributed by atoms with Crippen LogP contribution in [0.1, 0.15) is 45.1 Å². The fraction of sp³-hybridized carbons (Fsp3) is 0.556. The van der Waals surface area contributed by atoms with E-state index in [4.69, 9.17) is 4.74 Å². The van der Waals surface area contributed by atoms with Crippen molar-refractivity contribution in [3.05, 3.63) is 29.8 Å². The van der Waals surface area contributed by atoms with Crippen LogP contribution < -0.4 is 4.90 Å². The number of nitrogens with zero attached hydrogens (tertiary/aromatic N) is 1. The first-order valence-corrected chi connectivity index (χ1v) is 8.27. The zero-order valence-corrected chi connectivity index (χ0v) is 13.6. The average molecular weight is 317 g/mol. The van der Waals surface area contributed by atoms with Gasteiger partial charge < -0.3 is 9.84 Å². The van der Waals surface area contributed by atoms with Crippen molar-refractivity contribution in [2.24, 2.45) is 5.92 Å². The number of aliphatic carboxylic acids is 1. The number of amides is 1. The molecule has 124 valence electrons. The normalized spacial score (nSPS) is 22.2. The Morgan fingerprint density at radius 1 is 1.26 bits per heavy atom. The summed E-state index contributed by atoms with van der Waals surface area (Å²) >= 11 is 0. The lowest BCUT2D eigenvalue weighted by Crippen LogP contribution is -2.48. The van der Waals surface area contributed by atoms with Crippen molar-refractivity contribution in [2.75, 3.05) is 4.90 Å². The fourth-order valence-electron chi connectivity index (χ4n) is 3.80. The van der Waals surface area contributed by atoms with E-state index in [0.29, 0.717) is 12.1 Å². The molecule has 0 aromatic heterocycles. The molecule has 1 heterocycles. The van der Waals surface area contributed by atoms with Gasteiger partial charge in [0.05, 0.1) is 5.69 Å². The number of hydrogen-bond donors (Lipinski definition) is 1. The predicted octanol–water partition coefficient (Wildman–Crippen LogP) is 3.61. The van der Waals surface area contributed by atoms with E-state index >= 15 is 0 Å². The van der Waals surface area contributed by atoms with Gasteiger partial charge in [0, 0.05) is 6.42 Å². The molecule has 1 unspecified atom stereocenters. The van der Waals surface area contributed by atoms with E-state index < -0.39 is 23.7 Å². The first-order chi connectivity index (χ1) is 10.9. The van der Waals surface area contributed by atoms with Gasteiger partial charge in [0.25, 0.3) is 0 Å². The number of carboxylic acid groups (broad SMARTS) is 1. The van der Waals surface area contributed by atoms with Crippen molar-refractivity contribution in [1.29, 1.82) is 0 Å². The van der Waals surface area contributed by atoms with Crippen molar-refractivity contribution >= 4 is 17.7 Å². The lowest BCUT2D eigenvalue weighted by molar-refractivity contribution is -0.138. The van der Waals surface area contributed by atoms with E-state index in [1.54, 1.807) is 6.07 Å². The topological polar surface area (TPSA) is 66.8 Å². The van der Waals surface area contributed by atoms with Gasteiger partial charge in [0.15, 0.2) is 0 Å². The molecule has 2 aliphatic rings. The smallest absolute Gasteiger partial charge is 0.415 e. The van der Waals surface area contributed by atoms with Crippen molar-refractivity contribution in [3.63, 3.8) is 0 Å². The lowest BCUT2D eigenvalue weighted by atomic mass is 9.88. The maximum Gasteiger partial charge on any atom is 0.415 e. The quantitative estimate of drug-likeness (QED) is 0.925. The standard InChI is InChI=1S/C18H23NO4/c1-12(2)18(9-5-6-10-18)23-17(22)19-14-8-4-3-7-13(14)11-15(19)16(20)21/h3-4,7-8,12,15H,5-6,9-11H2,1-2H3,(H,20,21). The number of carbonyl (C=O) groups excluding carboxylic acids is 1. The summed E-state index contributed by atoms with van der Waals surface area (Å²) in [5.74, 6) is -0.779. The number of para-hydroxylation sites is 1. The molecule has 1 aromatic carbocycles. The average Bonchev–Trinajstić information content (AvgIpc) is 3.11. The van der Waals surface area contributed by atoms with Gasteiger partial charge in [0.1, 0.15) is 11.6 Å². The van der Waals surface area contributed by atoms with Crippen LogP contribution in [-0.4, -0.2) is 28.8 Å². The molecular weight excluding hydrogens is 294 g/mol. The van der Waals surface area contributed by atoms with Crippen LogP contribution in [0.3, 0.4) is 0 Å². The predicted molar refractivity (Wildman–Crippen MR) is 86.6 cm³/mol. The summed E-state index contributed by atoms with van der Waals surface area (Å²) in [6.07, 6.45) is 3.59. The lowest BCUT2D eigenvalue weighted by Gasteiger charge is -2.35. The molecular formula is C18H23NO4. The number of fused-ring (bicyclic) bond motifs is 1. The van der Waals surface area contributed by atoms with Crippen LogP contribution in [0, 0.1) is 5.92 Å². The van der Waals surface area contributed by atoms with Gasteiger partial charge in [-0.15, -0.1) is 0 Å². The Kier molecular flexibility index (Phi) is 4.04. The second-order valence-corrected chi connectivity index (χ2v) is 6.85. The number of benzene rings is 1. The van der Waals surface area contributed by atoms with Gasteiger partial charge in [-0.3, -0.25) is 4.90 Å². The minimum atomic E-state index is -0.997. The summed E-state index contributed by atoms with van der Waals surface area (Å²) < 4.78 is 5.91. The van der Waals surface area contributed by atoms with Crippen molar-refractivity contribution in [1.82, 2.24) is 0 Å². The molecule has 0 bridgehead atoms. The van der Waals surface area contributed by atoms with Gasteiger partial charge in [-0.05, 0) is 43.2 Å². The summed E-state index contributed by atoms with van der Waals surface area (Å²) in [6, 6.07) is 6.45. The molecule has 1 atom stereocenters. The van der Waals surface area contributed by atoms with Crippen LogP contribution in [-0.2, 0) is 16.0 Å². The Labute approximate surface area is 136 Å². The number of carbonyl (C=O) groups is 2. The number of anilines is 1. The summed E-state index contributed by atoms with van der Waals surface area (Å²) in [5.41, 5.74) is 1.07. The number of carboxylic acids is 1. The number of ether oxygens (including phenoxy) is 1. The van der Waals surface area contributed by atoms with Gasteiger partial charge in [-0.25, -0.2) is 9.59 Å². The van der Waals surface area contributed by atoms with Crippen molar-refractivity contribution in [3.8, 4) is 0 Å². The molecule has 1 saturated carbocycles. The second-order valence-electron chi connectivity index (χ2n) is 6.85. The van der Waals surface area contributed by atoms with Crippen LogP contribution >= 0.6 is 0 Å². The summed E-state index contributed by atoms with van der Waals surface area (Å²) in [4.78, 5) is 25.7. The Balaban J connectivity index is 1.89. The zero-order valence-electron chi connectivity index (χ0n) is 13.6. The number of rotatable bonds is 3. The summed E-state index contributed by atoms with van der Waals surface area (Å²) in [5, 5.41) is 9.49. The third kappa shape index (κ3) is 2.69. The van der Waals surface area contributed by atoms with Gasteiger partial charge in [0.2, 0.25) is 0 Å². The van der Waals surface area contributed by atoms with E-state index in [1.807, 2.05) is 18.2 Å². The Morgan fingerprint density at radius 3 is 2.52 bits per heavy atom. The second kappa shape index (κ2) is 5.87. The third-order valence-electron chi connectivity index (χ3n) is 5.25. The molecule has 0 saturated heterocycles. The Bertz CT molecular complexity index is 619. The van der Waals surface area contributed by atoms with Crippen LogP contribution in [0.25, 0.3) is 0 Å². The van der Waals surface area contributed by atoms with Gasteiger partial charge in [-0.1, -0.05) is 32.0 Å². The molecule has 1 aromatic rings. The minimum absolute atomic E-state index is 0.218. The molecule has 0 spiro atoms. The summed E-state index contributed by atoms with van der Waals surface area (Å²) in [7, 11) is 0. The first kappa shape index (κ1) is 15.8. The molecule has 23 heavy (non-hydrogen) atoms. The van der Waals surface area contributed by atoms with E-state index in [1.165, 1.54) is 4.90 Å². The SMILES string of the molecule is CC(C)C1(OC(=O)N2c3ccccc3CC2C(=O)O)CCCC1. The molecule has 5 nitrogen and oxygen atoms in total. The zero-order chi connectivity index (χ0) is 16.6. The largest absolute Gasteiger partial charge is 0.480 e. The highest BCUT2D eigenvalue weighted by molar-refractivity contribution is 5.98. The first-order valence-electron chi connectivity index (χ1n) is 8.27. The molecule has 1 aliphatic carbocycles. The highest BCUT2D eigenvalue weighted by Gasteiger charge is 2.45. The number of hydrogen-bond acceptors (Lipinski definition) is 3. The fourth-order valence-corrected chi connectivity index (χ4v) is 3.80. The summed E-state index contributed by atoms with van der Waals surface area (Å²) in [6.45, 7) is 4.12. The van der Waals surface area contributed by atoms with E-state index in [9.17, 15) is 14.7 Å². The molecule has 3 rings (SSSR count). The van der Waals surface area contributed by atoms with Crippen LogP contribution in [0.4, 0.5) is 10.5 Å². The third-order valence-corrected chi connectivity index (χ3v) is 5.25. The van der Waals surface area contributed by atoms with Crippen molar-refractivity contribution in [2.45, 2.75) is 57.6 Å². The Hall–Kier alpha value is -2.04. The van der Waals surface area contributed by atoms with Crippen molar-refractivity contribution < 1.29 is 19.4 Å². The van der Waals surface area contributed by atoms with Crippen LogP contribution in [0.5, 0.6) is 0 Å². The highest BCUT2D eigenvalue weighted by Crippen LogP contribution is 2.41. The molecule has 1 fully saturated rings. The highest BCUT2D eigenvalue weighted by atomic mass is 16.6. The maximum atomic E-state index is 12.8. The molecule has 1 N–H and O–H groups in total. The van der Waals surface area contributed by atoms with E-state index in [-0.39, 0.29) is 5.92 Å². The maximum absolute atomic E-state index is 12.8. The molecule has 0 radical (unpaired) electrons. The van der Waals surface area contributed by atoms with Gasteiger partial charge >= 0.3 is 12.1 Å². The van der Waals surface area contributed by atoms with E-state index in [0.717, 1.165) is 31.2 Å². The molecule has 1 aliphatic heterocycles.